The van der Waals surface area contributed by atoms with E-state index >= 15 is 8.78 Å². The van der Waals surface area contributed by atoms with Crippen LogP contribution >= 0.6 is 0 Å². The number of nitrogens with zero attached hydrogens (tertiary/aromatic N) is 3. The number of alkyl halides is 2. The van der Waals surface area contributed by atoms with Gasteiger partial charge in [0.2, 0.25) is 17.6 Å². The van der Waals surface area contributed by atoms with Crippen LogP contribution in [0.15, 0.2) is 48.1 Å². The average Bonchev–Trinajstić information content (AvgIpc) is 1.34. The van der Waals surface area contributed by atoms with Gasteiger partial charge in [-0.3, -0.25) is 24.0 Å². The van der Waals surface area contributed by atoms with Gasteiger partial charge in [-0.25, -0.2) is 23.1 Å². The Balaban J connectivity index is 0.655. The smallest absolute Gasteiger partial charge is 0.407 e. The molecule has 28 heteroatoms. The number of primary amides is 1. The van der Waals surface area contributed by atoms with Crippen molar-refractivity contribution in [3.8, 4) is 5.75 Å². The Hall–Kier alpha value is -6.37. The van der Waals surface area contributed by atoms with Crippen molar-refractivity contribution in [3.05, 3.63) is 59.5 Å². The quantitative estimate of drug-likeness (QED) is 0.0368. The maximum absolute atomic E-state index is 17.7. The molecule has 0 radical (unpaired) electrons. The number of aromatic nitrogens is 3. The molecule has 2 aromatic rings. The highest BCUT2D eigenvalue weighted by molar-refractivity contribution is 6.01. The largest absolute Gasteiger partial charge is 0.486 e. The summed E-state index contributed by atoms with van der Waals surface area (Å²) >= 11 is 0. The van der Waals surface area contributed by atoms with E-state index in [9.17, 15) is 43.8 Å². The number of alkyl carbamates (subject to hydrolysis) is 1. The van der Waals surface area contributed by atoms with Gasteiger partial charge in [0.25, 0.3) is 0 Å². The minimum atomic E-state index is -2.37. The molecule has 0 bridgehead atoms. The summed E-state index contributed by atoms with van der Waals surface area (Å²) < 4.78 is 86.4. The van der Waals surface area contributed by atoms with Crippen molar-refractivity contribution >= 4 is 47.0 Å². The van der Waals surface area contributed by atoms with E-state index in [1.54, 1.807) is 27.7 Å². The van der Waals surface area contributed by atoms with E-state index in [1.165, 1.54) is 49.0 Å². The van der Waals surface area contributed by atoms with Gasteiger partial charge in [0, 0.05) is 60.9 Å². The Kier molecular flexibility index (Phi) is 29.9. The number of amides is 5. The Bertz CT molecular complexity index is 3100. The highest BCUT2D eigenvalue weighted by Crippen LogP contribution is 2.71. The Morgan fingerprint density at radius 1 is 0.800 bits per heavy atom. The SMILES string of the molecule is CCCCOCCOCCOCCn1nnc2c1CCC1C(CC2)C1COC(=O)NCCOCCOCCOCCOCCC(=O)N[C@H](C(=O)C[C@@H](CCCNC(N)=O)C(=O)Nc1ccc(OCC(=O)[C@@]2(O)[C@H](C)C[C@H]3[C@@H]4C[C@H](F)C5=CC(=O)C=C[C@]5(C)[C@@]4(F)[C@@H](O)C[C@@]32C)cc1)C(C)C. The van der Waals surface area contributed by atoms with Crippen LogP contribution in [0.25, 0.3) is 0 Å². The third-order valence-electron chi connectivity index (χ3n) is 21.5. The summed E-state index contributed by atoms with van der Waals surface area (Å²) in [4.78, 5) is 91.3. The fraction of sp³-hybridized carbons (Fsp3) is 0.736. The maximum Gasteiger partial charge on any atom is 0.407 e. The minimum Gasteiger partial charge on any atom is -0.486 e. The van der Waals surface area contributed by atoms with E-state index in [1.807, 2.05) is 4.68 Å². The van der Waals surface area contributed by atoms with Crippen molar-refractivity contribution in [1.82, 2.24) is 30.9 Å². The van der Waals surface area contributed by atoms with Crippen LogP contribution in [-0.2, 0) is 81.3 Å². The van der Waals surface area contributed by atoms with Crippen LogP contribution in [0, 0.1) is 58.2 Å². The van der Waals surface area contributed by atoms with Gasteiger partial charge in [0.05, 0.1) is 123 Å². The fourth-order valence-corrected chi connectivity index (χ4v) is 16.0. The zero-order valence-electron chi connectivity index (χ0n) is 59.1. The number of nitrogens with two attached hydrogens (primary N) is 1. The lowest BCUT2D eigenvalue weighted by Crippen LogP contribution is -2.70. The zero-order valence-corrected chi connectivity index (χ0v) is 59.1. The van der Waals surface area contributed by atoms with Gasteiger partial charge < -0.3 is 79.8 Å². The lowest BCUT2D eigenvalue weighted by molar-refractivity contribution is -0.223. The summed E-state index contributed by atoms with van der Waals surface area (Å²) in [7, 11) is 0. The van der Waals surface area contributed by atoms with Gasteiger partial charge >= 0.3 is 12.1 Å². The number of fused-ring (bicyclic) bond motifs is 7. The number of hydrogen-bond acceptors (Lipinski definition) is 20. The van der Waals surface area contributed by atoms with Crippen LogP contribution in [0.3, 0.4) is 0 Å². The number of aliphatic hydroxyl groups is 2. The molecule has 1 aromatic heterocycles. The Morgan fingerprint density at radius 3 is 2.08 bits per heavy atom. The number of nitrogens with one attached hydrogen (secondary N) is 4. The number of ketones is 3. The fourth-order valence-electron chi connectivity index (χ4n) is 16.0. The summed E-state index contributed by atoms with van der Waals surface area (Å²) in [5, 5.41) is 43.9. The molecule has 6 aliphatic carbocycles. The average molecular weight is 1410 g/mol. The first-order chi connectivity index (χ1) is 48.0. The third kappa shape index (κ3) is 20.1. The molecule has 0 aliphatic heterocycles. The molecule has 0 spiro atoms. The second-order valence-electron chi connectivity index (χ2n) is 28.3. The molecular weight excluding hydrogens is 1300 g/mol. The van der Waals surface area contributed by atoms with Crippen LogP contribution in [0.1, 0.15) is 124 Å². The number of carbonyl (C=O) groups excluding carboxylic acids is 7. The second kappa shape index (κ2) is 37.7. The number of Topliss-reactive ketones (excluding diaryl/α,β-unsaturated/α-hetero) is 2. The van der Waals surface area contributed by atoms with Gasteiger partial charge in [0.15, 0.2) is 17.2 Å². The van der Waals surface area contributed by atoms with Crippen molar-refractivity contribution in [3.63, 3.8) is 0 Å². The molecule has 26 nitrogen and oxygen atoms in total. The first-order valence-corrected chi connectivity index (χ1v) is 35.9. The molecule has 8 rings (SSSR count). The van der Waals surface area contributed by atoms with Gasteiger partial charge in [0.1, 0.15) is 24.1 Å². The van der Waals surface area contributed by atoms with E-state index in [4.69, 9.17) is 48.4 Å². The molecule has 1 aromatic carbocycles. The van der Waals surface area contributed by atoms with Crippen molar-refractivity contribution in [2.75, 3.05) is 124 Å². The molecule has 558 valence electrons. The van der Waals surface area contributed by atoms with Gasteiger partial charge in [-0.05, 0) is 149 Å². The van der Waals surface area contributed by atoms with E-state index in [-0.39, 0.29) is 87.9 Å². The summed E-state index contributed by atoms with van der Waals surface area (Å²) in [6.07, 6.45) is 5.49. The predicted octanol–water partition coefficient (Wildman–Crippen LogP) is 6.10. The van der Waals surface area contributed by atoms with E-state index < -0.39 is 106 Å². The molecular formula is C72H108F2N8O18. The molecule has 4 fully saturated rings. The summed E-state index contributed by atoms with van der Waals surface area (Å²) in [5.41, 5.74) is 0.372. The molecule has 6 aliphatic rings. The number of aliphatic hydroxyl groups excluding tert-OH is 1. The number of hydrogen-bond donors (Lipinski definition) is 7. The summed E-state index contributed by atoms with van der Waals surface area (Å²) in [6.45, 7) is 17.0. The number of ether oxygens (including phenoxy) is 9. The molecule has 14 atom stereocenters. The molecule has 8 N–H and O–H groups in total. The summed E-state index contributed by atoms with van der Waals surface area (Å²) in [6, 6.07) is 4.40. The van der Waals surface area contributed by atoms with Crippen molar-refractivity contribution in [2.24, 2.45) is 63.9 Å². The van der Waals surface area contributed by atoms with Gasteiger partial charge in [-0.2, -0.15) is 0 Å². The number of halogens is 2. The van der Waals surface area contributed by atoms with Crippen LogP contribution in [0.2, 0.25) is 0 Å². The standard InChI is InChI=1S/C72H108F2N8O18/c1-7-8-25-92-29-33-96-36-32-95-28-24-82-60-18-16-53-52(15-17-59(60)80-81-82)54(53)44-100-68(90)77-23-27-94-31-35-98-38-37-97-34-30-93-26-20-64(87)79-65(46(2)3)61(84)40-48(10-9-22-76-67(75)89)66(88)78-49-11-13-51(14-12-49)99-45-63(86)72(91)47(4)39-55-56-42-58(73)57-41-50(83)19-21-69(57,5)71(56,74)62(85)43-70(55,72)6/h11-14,19,21,41,46-48,52-56,58,62,65,85,91H,7-10,15-18,20,22-40,42-45H2,1-6H3,(H,77,90)(H,78,88)(H,79,87)(H3,75,76,89)/t47-,48-,52?,53?,54?,55+,56+,58+,62+,65+,69+,70+,71+,72+/m1/s1. The predicted molar refractivity (Wildman–Crippen MR) is 362 cm³/mol. The highest BCUT2D eigenvalue weighted by Gasteiger charge is 2.76. The van der Waals surface area contributed by atoms with Crippen molar-refractivity contribution < 1.29 is 95.2 Å². The number of allylic oxidation sites excluding steroid dienone is 4. The molecule has 0 saturated heterocycles. The zero-order chi connectivity index (χ0) is 72.0. The third-order valence-corrected chi connectivity index (χ3v) is 21.5. The number of urea groups is 1. The molecule has 4 saturated carbocycles. The van der Waals surface area contributed by atoms with E-state index in [0.29, 0.717) is 116 Å². The summed E-state index contributed by atoms with van der Waals surface area (Å²) in [5.74, 6) is -4.60. The number of aryl methyl sites for hydroxylation is 1. The number of benzene rings is 1. The highest BCUT2D eigenvalue weighted by atomic mass is 19.1. The molecule has 1 heterocycles. The monoisotopic (exact) mass is 1410 g/mol. The normalized spacial score (nSPS) is 27.8. The van der Waals surface area contributed by atoms with Crippen LogP contribution in [0.5, 0.6) is 5.75 Å². The Labute approximate surface area is 585 Å². The molecule has 5 amide bonds. The number of unbranched alkanes of at least 4 members (excludes halogenated alkanes) is 1. The van der Waals surface area contributed by atoms with Crippen LogP contribution < -0.4 is 31.7 Å². The van der Waals surface area contributed by atoms with Crippen LogP contribution in [-0.4, -0.2) is 215 Å². The van der Waals surface area contributed by atoms with Gasteiger partial charge in [-0.1, -0.05) is 52.3 Å². The lowest BCUT2D eigenvalue weighted by Gasteiger charge is -2.63. The number of carbonyl (C=O) groups is 7. The lowest BCUT2D eigenvalue weighted by atomic mass is 9.44. The van der Waals surface area contributed by atoms with E-state index in [2.05, 4.69) is 38.5 Å². The first kappa shape index (κ1) is 79.3. The van der Waals surface area contributed by atoms with Gasteiger partial charge in [-0.15, -0.1) is 5.10 Å². The second-order valence-corrected chi connectivity index (χ2v) is 28.3. The number of rotatable bonds is 44. The Morgan fingerprint density at radius 2 is 1.43 bits per heavy atom. The van der Waals surface area contributed by atoms with Crippen molar-refractivity contribution in [1.29, 1.82) is 0 Å². The van der Waals surface area contributed by atoms with E-state index in [0.717, 1.165) is 56.9 Å². The maximum atomic E-state index is 17.7. The first-order valence-electron chi connectivity index (χ1n) is 35.9. The minimum absolute atomic E-state index is 0.0173. The molecule has 100 heavy (non-hydrogen) atoms. The van der Waals surface area contributed by atoms with Crippen LogP contribution in [0.4, 0.5) is 24.1 Å². The topological polar surface area (TPSA) is 348 Å². The van der Waals surface area contributed by atoms with Crippen molar-refractivity contribution in [2.45, 2.75) is 161 Å². The molecule has 3 unspecified atom stereocenters. The number of anilines is 1.